The van der Waals surface area contributed by atoms with E-state index in [-0.39, 0.29) is 68.0 Å². The number of fused-ring (bicyclic) bond motifs is 1. The third-order valence-corrected chi connectivity index (χ3v) is 6.55. The van der Waals surface area contributed by atoms with E-state index in [0.717, 1.165) is 6.20 Å². The maximum Gasteiger partial charge on any atom is 0.289 e. The summed E-state index contributed by atoms with van der Waals surface area (Å²) in [4.78, 5) is 8.16. The number of primary sulfonamides is 1. The number of rotatable bonds is 8. The van der Waals surface area contributed by atoms with Crippen LogP contribution in [0.1, 0.15) is 12.0 Å². The molecule has 3 rings (SSSR count). The number of sulfonamides is 1. The molecule has 9 nitrogen and oxygen atoms in total. The van der Waals surface area contributed by atoms with Crippen LogP contribution in [0.15, 0.2) is 28.1 Å². The molecule has 1 aromatic carbocycles. The fourth-order valence-corrected chi connectivity index (χ4v) is 4.78. The second kappa shape index (κ2) is 9.45. The topological polar surface area (TPSA) is 133 Å². The van der Waals surface area contributed by atoms with Crippen LogP contribution in [0.5, 0.6) is 11.8 Å². The molecule has 0 saturated heterocycles. The van der Waals surface area contributed by atoms with Gasteiger partial charge in [-0.3, -0.25) is 4.57 Å². The number of aromatic nitrogens is 3. The van der Waals surface area contributed by atoms with Crippen molar-refractivity contribution < 1.29 is 26.7 Å². The number of thioether (sulfide) groups is 1. The first-order valence-electron chi connectivity index (χ1n) is 8.79. The van der Waals surface area contributed by atoms with E-state index in [4.69, 9.17) is 31.5 Å². The van der Waals surface area contributed by atoms with Gasteiger partial charge in [-0.15, -0.1) is 0 Å². The van der Waals surface area contributed by atoms with Crippen molar-refractivity contribution in [3.63, 3.8) is 0 Å². The molecule has 2 N–H and O–H groups in total. The average molecular weight is 504 g/mol. The van der Waals surface area contributed by atoms with Gasteiger partial charge in [-0.05, 0) is 18.6 Å². The van der Waals surface area contributed by atoms with Crippen LogP contribution in [-0.4, -0.2) is 42.9 Å². The maximum absolute atomic E-state index is 13.3. The molecule has 32 heavy (non-hydrogen) atoms. The first-order valence-corrected chi connectivity index (χ1v) is 11.6. The Bertz CT molecular complexity index is 1300. The van der Waals surface area contributed by atoms with E-state index in [1.807, 2.05) is 6.07 Å². The summed E-state index contributed by atoms with van der Waals surface area (Å²) in [5, 5.41) is 14.3. The van der Waals surface area contributed by atoms with Crippen molar-refractivity contribution in [2.24, 2.45) is 5.14 Å². The predicted molar refractivity (Wildman–Crippen MR) is 114 cm³/mol. The normalized spacial score (nSPS) is 11.7. The Hall–Kier alpha value is -2.66. The molecule has 170 valence electrons. The average Bonchev–Trinajstić information content (AvgIpc) is 3.13. The van der Waals surface area contributed by atoms with Gasteiger partial charge in [-0.1, -0.05) is 23.4 Å². The van der Waals surface area contributed by atoms with Gasteiger partial charge >= 0.3 is 0 Å². The highest BCUT2D eigenvalue weighted by molar-refractivity contribution is 8.00. The summed E-state index contributed by atoms with van der Waals surface area (Å²) >= 11 is 6.31. The molecular formula is C18H16ClF2N5O4S2. The minimum absolute atomic E-state index is 0.0207. The number of methoxy groups -OCH3 is 2. The third-order valence-electron chi connectivity index (χ3n) is 4.36. The molecule has 0 atom stereocenters. The minimum atomic E-state index is -4.24. The van der Waals surface area contributed by atoms with Gasteiger partial charge in [0, 0.05) is 18.0 Å². The van der Waals surface area contributed by atoms with Gasteiger partial charge in [-0.2, -0.15) is 24.0 Å². The van der Waals surface area contributed by atoms with Gasteiger partial charge in [0.15, 0.2) is 0 Å². The number of nitriles is 1. The van der Waals surface area contributed by atoms with Crippen molar-refractivity contribution >= 4 is 44.3 Å². The van der Waals surface area contributed by atoms with E-state index in [1.54, 1.807) is 0 Å². The lowest BCUT2D eigenvalue weighted by Gasteiger charge is -2.14. The molecule has 3 aromatic rings. The highest BCUT2D eigenvalue weighted by Crippen LogP contribution is 2.41. The van der Waals surface area contributed by atoms with Crippen LogP contribution in [0.2, 0.25) is 5.02 Å². The summed E-state index contributed by atoms with van der Waals surface area (Å²) in [5.41, 5.74) is 0.448. The Morgan fingerprint density at radius 1 is 1.28 bits per heavy atom. The molecule has 2 heterocycles. The van der Waals surface area contributed by atoms with Gasteiger partial charge in [0.25, 0.3) is 5.76 Å². The van der Waals surface area contributed by atoms with Gasteiger partial charge < -0.3 is 9.47 Å². The van der Waals surface area contributed by atoms with Crippen LogP contribution in [-0.2, 0) is 16.4 Å². The zero-order valence-electron chi connectivity index (χ0n) is 16.7. The highest BCUT2D eigenvalue weighted by atomic mass is 35.5. The number of alkyl halides is 2. The summed E-state index contributed by atoms with van der Waals surface area (Å²) in [6, 6.07) is 4.67. The molecule has 0 aliphatic rings. The molecule has 0 amide bonds. The van der Waals surface area contributed by atoms with E-state index in [2.05, 4.69) is 9.97 Å². The molecule has 14 heteroatoms. The van der Waals surface area contributed by atoms with Gasteiger partial charge in [0.2, 0.25) is 27.7 Å². The number of ether oxygens (including phenoxy) is 2. The second-order valence-corrected chi connectivity index (χ2v) is 9.18. The smallest absolute Gasteiger partial charge is 0.289 e. The van der Waals surface area contributed by atoms with E-state index in [0.29, 0.717) is 5.56 Å². The number of benzene rings is 1. The second-order valence-electron chi connectivity index (χ2n) is 6.24. The first kappa shape index (κ1) is 24.0. The Morgan fingerprint density at radius 3 is 2.41 bits per heavy atom. The van der Waals surface area contributed by atoms with Crippen LogP contribution in [0, 0.1) is 11.3 Å². The van der Waals surface area contributed by atoms with Crippen molar-refractivity contribution in [3.05, 3.63) is 28.9 Å². The lowest BCUT2D eigenvalue weighted by atomic mass is 10.2. The summed E-state index contributed by atoms with van der Waals surface area (Å²) < 4.78 is 62.7. The molecule has 0 aliphatic carbocycles. The van der Waals surface area contributed by atoms with Gasteiger partial charge in [0.1, 0.15) is 4.90 Å². The van der Waals surface area contributed by atoms with E-state index in [1.165, 1.54) is 30.9 Å². The quantitative estimate of drug-likeness (QED) is 0.461. The number of hydrogen-bond acceptors (Lipinski definition) is 8. The fourth-order valence-electron chi connectivity index (χ4n) is 3.09. The molecule has 0 fully saturated rings. The lowest BCUT2D eigenvalue weighted by molar-refractivity contribution is 0.252. The number of hydrogen-bond donors (Lipinski definition) is 1. The molecule has 0 spiro atoms. The number of nitrogens with two attached hydrogens (primary N) is 1. The Morgan fingerprint density at radius 2 is 1.91 bits per heavy atom. The largest absolute Gasteiger partial charge is 0.481 e. The van der Waals surface area contributed by atoms with Crippen molar-refractivity contribution in [3.8, 4) is 23.8 Å². The maximum atomic E-state index is 13.3. The predicted octanol–water partition coefficient (Wildman–Crippen LogP) is 3.51. The van der Waals surface area contributed by atoms with Crippen molar-refractivity contribution in [2.75, 3.05) is 14.2 Å². The van der Waals surface area contributed by atoms with Crippen LogP contribution in [0.3, 0.4) is 0 Å². The number of halogens is 3. The summed E-state index contributed by atoms with van der Waals surface area (Å²) in [7, 11) is -1.55. The fraction of sp³-hybridized carbons (Fsp3) is 0.278. The Labute approximate surface area is 191 Å². The van der Waals surface area contributed by atoms with Crippen LogP contribution in [0.4, 0.5) is 8.78 Å². The molecule has 0 aliphatic heterocycles. The molecule has 2 aromatic heterocycles. The first-order chi connectivity index (χ1) is 15.1. The zero-order valence-corrected chi connectivity index (χ0v) is 19.1. The van der Waals surface area contributed by atoms with E-state index in [9.17, 15) is 17.2 Å². The van der Waals surface area contributed by atoms with Crippen LogP contribution in [0.25, 0.3) is 16.9 Å². The van der Waals surface area contributed by atoms with Crippen LogP contribution < -0.4 is 14.6 Å². The van der Waals surface area contributed by atoms with Crippen molar-refractivity contribution in [2.45, 2.75) is 28.4 Å². The zero-order chi connectivity index (χ0) is 23.6. The SMILES string of the molecule is COc1nc(-n2cc(S(N)(=O)=O)c3ccc(Cl)c(SC(F)F)c32)nc(OC)c1CCC#N. The van der Waals surface area contributed by atoms with Crippen molar-refractivity contribution in [1.29, 1.82) is 5.26 Å². The van der Waals surface area contributed by atoms with Gasteiger partial charge in [0.05, 0.1) is 41.3 Å². The summed E-state index contributed by atoms with van der Waals surface area (Å²) in [6.07, 6.45) is 1.49. The summed E-state index contributed by atoms with van der Waals surface area (Å²) in [6.45, 7) is 0. The molecule has 0 saturated carbocycles. The monoisotopic (exact) mass is 503 g/mol. The van der Waals surface area contributed by atoms with E-state index < -0.39 is 15.8 Å². The van der Waals surface area contributed by atoms with Gasteiger partial charge in [-0.25, -0.2) is 13.6 Å². The van der Waals surface area contributed by atoms with E-state index >= 15 is 0 Å². The molecular weight excluding hydrogens is 488 g/mol. The Balaban J connectivity index is 2.40. The third kappa shape index (κ3) is 4.58. The summed E-state index contributed by atoms with van der Waals surface area (Å²) in [5.74, 6) is -2.81. The number of nitrogens with zero attached hydrogens (tertiary/aromatic N) is 4. The molecule has 0 unspecified atom stereocenters. The molecule has 0 bridgehead atoms. The van der Waals surface area contributed by atoms with Crippen molar-refractivity contribution in [1.82, 2.24) is 14.5 Å². The molecule has 0 radical (unpaired) electrons. The minimum Gasteiger partial charge on any atom is -0.481 e. The Kier molecular flexibility index (Phi) is 7.09. The standard InChI is InChI=1S/C18H16ClF2N5O4S2/c1-29-15-10(4-3-7-22)16(30-2)25-18(24-15)26-8-12(32(23,27)28)9-5-6-11(19)14(13(9)26)31-17(20)21/h5-6,8,17H,3-4H2,1-2H3,(H2,23,27,28). The highest BCUT2D eigenvalue weighted by Gasteiger charge is 2.26. The lowest BCUT2D eigenvalue weighted by Crippen LogP contribution is -2.12. The van der Waals surface area contributed by atoms with Crippen LogP contribution >= 0.6 is 23.4 Å².